The lowest BCUT2D eigenvalue weighted by molar-refractivity contribution is -0.123. The Kier molecular flexibility index (Phi) is 4.67. The number of amides is 1. The van der Waals surface area contributed by atoms with E-state index in [0.29, 0.717) is 24.6 Å². The van der Waals surface area contributed by atoms with Crippen LogP contribution in [0.4, 0.5) is 0 Å². The van der Waals surface area contributed by atoms with E-state index in [0.717, 1.165) is 19.4 Å². The van der Waals surface area contributed by atoms with Gasteiger partial charge in [0.1, 0.15) is 0 Å². The molecular weight excluding hydrogens is 320 g/mol. The number of sulfone groups is 1. The lowest BCUT2D eigenvalue weighted by atomic mass is 10.2. The predicted molar refractivity (Wildman–Crippen MR) is 82.4 cm³/mol. The van der Waals surface area contributed by atoms with Crippen LogP contribution < -0.4 is 5.32 Å². The highest BCUT2D eigenvalue weighted by Gasteiger charge is 2.33. The summed E-state index contributed by atoms with van der Waals surface area (Å²) in [5.74, 6) is 1.31. The molecule has 2 fully saturated rings. The predicted octanol–water partition coefficient (Wildman–Crippen LogP) is 0.0722. The minimum atomic E-state index is -2.98. The molecule has 1 N–H and O–H groups in total. The Bertz CT molecular complexity index is 672. The van der Waals surface area contributed by atoms with Crippen molar-refractivity contribution in [3.05, 3.63) is 11.7 Å². The van der Waals surface area contributed by atoms with Crippen LogP contribution in [0.15, 0.2) is 4.52 Å². The van der Waals surface area contributed by atoms with E-state index >= 15 is 0 Å². The lowest BCUT2D eigenvalue weighted by Gasteiger charge is -2.22. The maximum atomic E-state index is 12.2. The standard InChI is InChI=1S/C14H22N4O4S/c1-2-13-16-14(17-22-13)11-4-3-6-18(11)8-12(19)15-10-5-7-23(20,21)9-10/h10-11H,2-9H2,1H3,(H,15,19)/t10-,11-/m1/s1. The zero-order chi connectivity index (χ0) is 16.4. The minimum Gasteiger partial charge on any atom is -0.351 e. The number of nitrogens with one attached hydrogen (secondary N) is 1. The fraction of sp³-hybridized carbons (Fsp3) is 0.786. The number of aromatic nitrogens is 2. The number of carbonyl (C=O) groups excluding carboxylic acids is 1. The maximum absolute atomic E-state index is 12.2. The van der Waals surface area contributed by atoms with E-state index in [1.54, 1.807) is 0 Å². The molecule has 2 aliphatic rings. The van der Waals surface area contributed by atoms with Gasteiger partial charge in [0, 0.05) is 12.5 Å². The van der Waals surface area contributed by atoms with Crippen LogP contribution in [0, 0.1) is 0 Å². The summed E-state index contributed by atoms with van der Waals surface area (Å²) < 4.78 is 28.0. The van der Waals surface area contributed by atoms with Crippen LogP contribution in [0.3, 0.4) is 0 Å². The van der Waals surface area contributed by atoms with Crippen LogP contribution in [0.5, 0.6) is 0 Å². The number of carbonyl (C=O) groups is 1. The molecule has 0 radical (unpaired) electrons. The molecule has 128 valence electrons. The van der Waals surface area contributed by atoms with Gasteiger partial charge in [-0.05, 0) is 25.8 Å². The van der Waals surface area contributed by atoms with Gasteiger partial charge in [0.25, 0.3) is 0 Å². The van der Waals surface area contributed by atoms with Crippen LogP contribution in [-0.2, 0) is 21.1 Å². The van der Waals surface area contributed by atoms with Crippen LogP contribution in [0.1, 0.15) is 43.9 Å². The number of aryl methyl sites for hydroxylation is 1. The highest BCUT2D eigenvalue weighted by molar-refractivity contribution is 7.91. The van der Waals surface area contributed by atoms with E-state index in [2.05, 4.69) is 15.5 Å². The summed E-state index contributed by atoms with van der Waals surface area (Å²) in [6.07, 6.45) is 3.07. The van der Waals surface area contributed by atoms with Crippen LogP contribution in [-0.4, -0.2) is 60.0 Å². The largest absolute Gasteiger partial charge is 0.351 e. The second-order valence-corrected chi connectivity index (χ2v) is 8.42. The molecule has 1 amide bonds. The molecule has 8 nitrogen and oxygen atoms in total. The molecule has 0 unspecified atom stereocenters. The summed E-state index contributed by atoms with van der Waals surface area (Å²) in [7, 11) is -2.98. The number of likely N-dealkylation sites (tertiary alicyclic amines) is 1. The van der Waals surface area contributed by atoms with Crippen LogP contribution in [0.2, 0.25) is 0 Å². The van der Waals surface area contributed by atoms with Gasteiger partial charge < -0.3 is 9.84 Å². The molecule has 0 spiro atoms. The highest BCUT2D eigenvalue weighted by Crippen LogP contribution is 2.29. The van der Waals surface area contributed by atoms with Gasteiger partial charge >= 0.3 is 0 Å². The average molecular weight is 342 g/mol. The van der Waals surface area contributed by atoms with Crippen molar-refractivity contribution in [3.8, 4) is 0 Å². The zero-order valence-electron chi connectivity index (χ0n) is 13.2. The van der Waals surface area contributed by atoms with Crippen molar-refractivity contribution in [2.75, 3.05) is 24.6 Å². The molecule has 0 bridgehead atoms. The van der Waals surface area contributed by atoms with Gasteiger partial charge in [-0.1, -0.05) is 12.1 Å². The van der Waals surface area contributed by atoms with E-state index in [9.17, 15) is 13.2 Å². The normalized spacial score (nSPS) is 27.3. The molecular formula is C14H22N4O4S. The Balaban J connectivity index is 1.57. The van der Waals surface area contributed by atoms with Crippen molar-refractivity contribution < 1.29 is 17.7 Å². The van der Waals surface area contributed by atoms with Crippen molar-refractivity contribution >= 4 is 15.7 Å². The first-order valence-corrected chi connectivity index (χ1v) is 9.85. The quantitative estimate of drug-likeness (QED) is 0.807. The molecule has 2 aliphatic heterocycles. The highest BCUT2D eigenvalue weighted by atomic mass is 32.2. The molecule has 2 saturated heterocycles. The fourth-order valence-electron chi connectivity index (χ4n) is 3.22. The topological polar surface area (TPSA) is 105 Å². The maximum Gasteiger partial charge on any atom is 0.234 e. The third kappa shape index (κ3) is 3.89. The van der Waals surface area contributed by atoms with Gasteiger partial charge in [-0.3, -0.25) is 9.69 Å². The van der Waals surface area contributed by atoms with Crippen LogP contribution >= 0.6 is 0 Å². The molecule has 2 atom stereocenters. The second kappa shape index (κ2) is 6.56. The third-order valence-corrected chi connectivity index (χ3v) is 6.16. The summed E-state index contributed by atoms with van der Waals surface area (Å²) in [4.78, 5) is 18.6. The first-order chi connectivity index (χ1) is 11.0. The zero-order valence-corrected chi connectivity index (χ0v) is 14.0. The van der Waals surface area contributed by atoms with E-state index in [-0.39, 0.29) is 36.0 Å². The summed E-state index contributed by atoms with van der Waals surface area (Å²) in [6, 6.07) is -0.262. The number of hydrogen-bond acceptors (Lipinski definition) is 7. The number of nitrogens with zero attached hydrogens (tertiary/aromatic N) is 3. The Labute approximate surface area is 135 Å². The molecule has 0 aliphatic carbocycles. The van der Waals surface area contributed by atoms with E-state index < -0.39 is 9.84 Å². The smallest absolute Gasteiger partial charge is 0.234 e. The van der Waals surface area contributed by atoms with Crippen molar-refractivity contribution in [1.29, 1.82) is 0 Å². The number of rotatable bonds is 5. The molecule has 1 aromatic rings. The van der Waals surface area contributed by atoms with Gasteiger partial charge in [-0.2, -0.15) is 4.98 Å². The summed E-state index contributed by atoms with van der Waals surface area (Å²) in [6.45, 7) is 2.99. The lowest BCUT2D eigenvalue weighted by Crippen LogP contribution is -2.42. The van der Waals surface area contributed by atoms with Crippen molar-refractivity contribution in [3.63, 3.8) is 0 Å². The van der Waals surface area contributed by atoms with E-state index in [1.807, 2.05) is 11.8 Å². The Morgan fingerprint density at radius 1 is 1.43 bits per heavy atom. The number of hydrogen-bond donors (Lipinski definition) is 1. The molecule has 0 saturated carbocycles. The molecule has 9 heteroatoms. The Morgan fingerprint density at radius 3 is 2.91 bits per heavy atom. The van der Waals surface area contributed by atoms with Crippen molar-refractivity contribution in [2.24, 2.45) is 0 Å². The van der Waals surface area contributed by atoms with Gasteiger partial charge in [0.05, 0.1) is 24.1 Å². The van der Waals surface area contributed by atoms with Crippen LogP contribution in [0.25, 0.3) is 0 Å². The molecule has 1 aromatic heterocycles. The SMILES string of the molecule is CCc1nc([C@H]2CCCN2CC(=O)N[C@@H]2CCS(=O)(=O)C2)no1. The van der Waals surface area contributed by atoms with Gasteiger partial charge in [-0.25, -0.2) is 8.42 Å². The Morgan fingerprint density at radius 2 is 2.26 bits per heavy atom. The van der Waals surface area contributed by atoms with Crippen molar-refractivity contribution in [1.82, 2.24) is 20.4 Å². The third-order valence-electron chi connectivity index (χ3n) is 4.39. The van der Waals surface area contributed by atoms with Crippen molar-refractivity contribution in [2.45, 2.75) is 44.7 Å². The summed E-state index contributed by atoms with van der Waals surface area (Å²) in [5, 5.41) is 6.84. The Hall–Kier alpha value is -1.48. The summed E-state index contributed by atoms with van der Waals surface area (Å²) >= 11 is 0. The van der Waals surface area contributed by atoms with E-state index in [4.69, 9.17) is 4.52 Å². The first-order valence-electron chi connectivity index (χ1n) is 8.03. The average Bonchev–Trinajstić information content (AvgIpc) is 3.18. The molecule has 3 rings (SSSR count). The first kappa shape index (κ1) is 16.4. The minimum absolute atomic E-state index is 0.00268. The fourth-order valence-corrected chi connectivity index (χ4v) is 4.89. The molecule has 23 heavy (non-hydrogen) atoms. The molecule has 0 aromatic carbocycles. The van der Waals surface area contributed by atoms with Gasteiger partial charge in [0.15, 0.2) is 15.7 Å². The van der Waals surface area contributed by atoms with E-state index in [1.165, 1.54) is 0 Å². The second-order valence-electron chi connectivity index (χ2n) is 6.20. The van der Waals surface area contributed by atoms with Gasteiger partial charge in [0.2, 0.25) is 11.8 Å². The summed E-state index contributed by atoms with van der Waals surface area (Å²) in [5.41, 5.74) is 0. The molecule has 3 heterocycles. The van der Waals surface area contributed by atoms with Gasteiger partial charge in [-0.15, -0.1) is 0 Å². The monoisotopic (exact) mass is 342 g/mol.